The zero-order valence-corrected chi connectivity index (χ0v) is 30.8. The molecule has 0 aliphatic heterocycles. The molecule has 4 unspecified atom stereocenters. The quantitative estimate of drug-likeness (QED) is 0.0379. The van der Waals surface area contributed by atoms with Gasteiger partial charge in [0.2, 0.25) is 5.91 Å². The van der Waals surface area contributed by atoms with Gasteiger partial charge in [0.05, 0.1) is 39.9 Å². The van der Waals surface area contributed by atoms with Crippen LogP contribution in [-0.4, -0.2) is 79.8 Å². The van der Waals surface area contributed by atoms with Gasteiger partial charge in [-0.25, -0.2) is 0 Å². The smallest absolute Gasteiger partial charge is 0.268 e. The number of carbonyl (C=O) groups excluding carboxylic acids is 1. The van der Waals surface area contributed by atoms with E-state index in [-0.39, 0.29) is 18.9 Å². The lowest BCUT2D eigenvalue weighted by molar-refractivity contribution is -0.870. The van der Waals surface area contributed by atoms with Crippen molar-refractivity contribution >= 4 is 13.7 Å². The molecule has 0 bridgehead atoms. The SMILES string of the molecule is CCCCCCCCCCCCCCC(O)C(O)C(COP(=O)([O-])OCC[N+](C)(C)C)NC(=O)CCCCCCCCCCC. The van der Waals surface area contributed by atoms with E-state index < -0.39 is 32.7 Å². The highest BCUT2D eigenvalue weighted by Gasteiger charge is 2.29. The maximum absolute atomic E-state index is 12.7. The number of likely N-dealkylation sites (N-methyl/N-ethyl adjacent to an activating group) is 1. The van der Waals surface area contributed by atoms with Gasteiger partial charge in [-0.05, 0) is 12.8 Å². The minimum absolute atomic E-state index is 0.0377. The van der Waals surface area contributed by atoms with E-state index in [1.54, 1.807) is 0 Å². The Kier molecular flexibility index (Phi) is 28.1. The number of hydrogen-bond donors (Lipinski definition) is 3. The van der Waals surface area contributed by atoms with E-state index >= 15 is 0 Å². The normalized spacial score (nSPS) is 15.5. The summed E-state index contributed by atoms with van der Waals surface area (Å²) in [4.78, 5) is 25.1. The average Bonchev–Trinajstić information content (AvgIpc) is 2.97. The van der Waals surface area contributed by atoms with E-state index in [4.69, 9.17) is 9.05 Å². The molecule has 10 heteroatoms. The Morgan fingerprint density at radius 2 is 1.13 bits per heavy atom. The highest BCUT2D eigenvalue weighted by atomic mass is 31.2. The zero-order chi connectivity index (χ0) is 33.8. The third kappa shape index (κ3) is 29.3. The fourth-order valence-corrected chi connectivity index (χ4v) is 6.09. The maximum Gasteiger partial charge on any atom is 0.268 e. The summed E-state index contributed by atoms with van der Waals surface area (Å²) >= 11 is 0. The molecule has 0 aliphatic carbocycles. The van der Waals surface area contributed by atoms with Crippen LogP contribution in [0.4, 0.5) is 0 Å². The van der Waals surface area contributed by atoms with Gasteiger partial charge in [-0.15, -0.1) is 0 Å². The largest absolute Gasteiger partial charge is 0.756 e. The second-order valence-electron chi connectivity index (χ2n) is 14.1. The third-order valence-electron chi connectivity index (χ3n) is 8.44. The number of phosphoric acid groups is 1. The number of quaternary nitrogens is 1. The first-order valence-electron chi connectivity index (χ1n) is 18.5. The zero-order valence-electron chi connectivity index (χ0n) is 29.9. The van der Waals surface area contributed by atoms with E-state index in [9.17, 15) is 24.5 Å². The van der Waals surface area contributed by atoms with Crippen LogP contribution >= 0.6 is 7.82 Å². The number of nitrogens with zero attached hydrogens (tertiary/aromatic N) is 1. The number of amides is 1. The topological polar surface area (TPSA) is 128 Å². The molecule has 9 nitrogen and oxygen atoms in total. The molecule has 0 saturated heterocycles. The van der Waals surface area contributed by atoms with Gasteiger partial charge < -0.3 is 34.0 Å². The summed E-state index contributed by atoms with van der Waals surface area (Å²) in [6, 6.07) is -1.06. The van der Waals surface area contributed by atoms with E-state index in [0.717, 1.165) is 38.5 Å². The number of rotatable bonds is 33. The molecule has 0 aromatic rings. The predicted molar refractivity (Wildman–Crippen MR) is 184 cm³/mol. The molecule has 0 aromatic carbocycles. The lowest BCUT2D eigenvalue weighted by Crippen LogP contribution is -2.51. The average molecular weight is 665 g/mol. The number of carbonyl (C=O) groups is 1. The second-order valence-corrected chi connectivity index (χ2v) is 15.5. The van der Waals surface area contributed by atoms with Gasteiger partial charge in [0.1, 0.15) is 19.3 Å². The molecule has 0 heterocycles. The molecule has 4 atom stereocenters. The van der Waals surface area contributed by atoms with Crippen LogP contribution < -0.4 is 10.2 Å². The summed E-state index contributed by atoms with van der Waals surface area (Å²) in [5.74, 6) is -0.283. The van der Waals surface area contributed by atoms with Crippen molar-refractivity contribution < 1.29 is 38.0 Å². The van der Waals surface area contributed by atoms with Crippen molar-refractivity contribution in [2.75, 3.05) is 40.9 Å². The summed E-state index contributed by atoms with van der Waals surface area (Å²) in [5, 5.41) is 24.4. The molecule has 270 valence electrons. The molecule has 0 spiro atoms. The highest BCUT2D eigenvalue weighted by Crippen LogP contribution is 2.38. The highest BCUT2D eigenvalue weighted by molar-refractivity contribution is 7.45. The van der Waals surface area contributed by atoms with Crippen LogP contribution in [-0.2, 0) is 18.4 Å². The summed E-state index contributed by atoms with van der Waals surface area (Å²) in [6.07, 6.45) is 22.8. The van der Waals surface area contributed by atoms with Gasteiger partial charge in [0.25, 0.3) is 7.82 Å². The van der Waals surface area contributed by atoms with Crippen molar-refractivity contribution in [3.63, 3.8) is 0 Å². The molecular weight excluding hydrogens is 591 g/mol. The van der Waals surface area contributed by atoms with Gasteiger partial charge in [0.15, 0.2) is 0 Å². The Morgan fingerprint density at radius 3 is 1.58 bits per heavy atom. The first-order valence-corrected chi connectivity index (χ1v) is 19.9. The molecule has 1 amide bonds. The van der Waals surface area contributed by atoms with Crippen LogP contribution in [0.3, 0.4) is 0 Å². The summed E-state index contributed by atoms with van der Waals surface area (Å²) < 4.78 is 23.0. The fraction of sp³-hybridized carbons (Fsp3) is 0.971. The van der Waals surface area contributed by atoms with E-state index in [0.29, 0.717) is 17.4 Å². The first kappa shape index (κ1) is 44.5. The summed E-state index contributed by atoms with van der Waals surface area (Å²) in [6.45, 7) is 4.38. The Bertz CT molecular complexity index is 735. The Labute approximate surface area is 277 Å². The van der Waals surface area contributed by atoms with Crippen molar-refractivity contribution in [1.82, 2.24) is 5.32 Å². The minimum Gasteiger partial charge on any atom is -0.756 e. The molecular formula is C35H73N2O7P. The lowest BCUT2D eigenvalue weighted by atomic mass is 9.99. The van der Waals surface area contributed by atoms with Crippen molar-refractivity contribution in [2.45, 2.75) is 180 Å². The monoisotopic (exact) mass is 665 g/mol. The standard InChI is InChI=1S/C35H73N2O7P/c1-6-8-10-12-14-16-17-18-20-21-23-25-27-33(38)35(40)32(31-44-45(41,42)43-30-29-37(3,4)5)36-34(39)28-26-24-22-19-15-13-11-9-7-2/h32-33,35,38,40H,6-31H2,1-5H3,(H-,36,39,41,42). The number of unbranched alkanes of at least 4 members (excludes halogenated alkanes) is 19. The minimum atomic E-state index is -4.64. The number of aliphatic hydroxyl groups is 2. The Balaban J connectivity index is 4.63. The lowest BCUT2D eigenvalue weighted by Gasteiger charge is -2.31. The number of phosphoric ester groups is 1. The number of nitrogens with one attached hydrogen (secondary N) is 1. The molecule has 0 aromatic heterocycles. The van der Waals surface area contributed by atoms with Crippen LogP contribution in [0, 0.1) is 0 Å². The van der Waals surface area contributed by atoms with E-state index in [1.165, 1.54) is 96.3 Å². The Morgan fingerprint density at radius 1 is 0.711 bits per heavy atom. The third-order valence-corrected chi connectivity index (χ3v) is 9.40. The van der Waals surface area contributed by atoms with Crippen LogP contribution in [0.1, 0.15) is 162 Å². The van der Waals surface area contributed by atoms with Crippen LogP contribution in [0.2, 0.25) is 0 Å². The van der Waals surface area contributed by atoms with Crippen molar-refractivity contribution in [1.29, 1.82) is 0 Å². The fourth-order valence-electron chi connectivity index (χ4n) is 5.37. The molecule has 0 radical (unpaired) electrons. The van der Waals surface area contributed by atoms with Gasteiger partial charge in [-0.1, -0.05) is 142 Å². The Hall–Kier alpha value is -0.540. The maximum atomic E-state index is 12.7. The second kappa shape index (κ2) is 28.5. The van der Waals surface area contributed by atoms with Gasteiger partial charge in [-0.2, -0.15) is 0 Å². The van der Waals surface area contributed by atoms with Gasteiger partial charge in [-0.3, -0.25) is 9.36 Å². The van der Waals surface area contributed by atoms with Crippen LogP contribution in [0.25, 0.3) is 0 Å². The predicted octanol–water partition coefficient (Wildman–Crippen LogP) is 7.41. The molecule has 3 N–H and O–H groups in total. The van der Waals surface area contributed by atoms with Crippen LogP contribution in [0.5, 0.6) is 0 Å². The molecule has 0 fully saturated rings. The number of hydrogen-bond acceptors (Lipinski definition) is 7. The van der Waals surface area contributed by atoms with Gasteiger partial charge >= 0.3 is 0 Å². The van der Waals surface area contributed by atoms with Crippen molar-refractivity contribution in [3.8, 4) is 0 Å². The first-order chi connectivity index (χ1) is 21.4. The van der Waals surface area contributed by atoms with Crippen molar-refractivity contribution in [2.24, 2.45) is 0 Å². The van der Waals surface area contributed by atoms with Gasteiger partial charge in [0, 0.05) is 6.42 Å². The summed E-state index contributed by atoms with van der Waals surface area (Å²) in [7, 11) is 1.13. The van der Waals surface area contributed by atoms with E-state index in [1.807, 2.05) is 21.1 Å². The molecule has 45 heavy (non-hydrogen) atoms. The molecule has 0 saturated carbocycles. The van der Waals surface area contributed by atoms with Crippen molar-refractivity contribution in [3.05, 3.63) is 0 Å². The molecule has 0 aliphatic rings. The van der Waals surface area contributed by atoms with Crippen LogP contribution in [0.15, 0.2) is 0 Å². The van der Waals surface area contributed by atoms with E-state index in [2.05, 4.69) is 19.2 Å². The summed E-state index contributed by atoms with van der Waals surface area (Å²) in [5.41, 5.74) is 0. The number of aliphatic hydroxyl groups excluding tert-OH is 2. The molecule has 0 rings (SSSR count).